The second-order valence-electron chi connectivity index (χ2n) is 3.17. The average Bonchev–Trinajstić information content (AvgIpc) is 2.28. The first-order chi connectivity index (χ1) is 7.63. The molecule has 0 heterocycles. The molecule has 1 rings (SSSR count). The molecular weight excluding hydrogens is 317 g/mol. The van der Waals surface area contributed by atoms with Crippen LogP contribution in [0.3, 0.4) is 0 Å². The van der Waals surface area contributed by atoms with Crippen molar-refractivity contribution < 1.29 is 9.53 Å². The molecule has 1 aromatic rings. The molecule has 3 nitrogen and oxygen atoms in total. The van der Waals surface area contributed by atoms with E-state index in [0.29, 0.717) is 17.7 Å². The maximum atomic E-state index is 11.7. The van der Waals surface area contributed by atoms with Gasteiger partial charge in [-0.05, 0) is 53.6 Å². The second-order valence-corrected chi connectivity index (χ2v) is 4.42. The molecule has 0 N–H and O–H groups in total. The molecule has 0 aromatic heterocycles. The lowest BCUT2D eigenvalue weighted by atomic mass is 10.0. The number of carbonyl (C=O) groups excluding carboxylic acids is 1. The molecule has 0 spiro atoms. The van der Waals surface area contributed by atoms with Crippen LogP contribution in [0.5, 0.6) is 0 Å². The van der Waals surface area contributed by atoms with Gasteiger partial charge in [-0.25, -0.2) is 4.79 Å². The van der Waals surface area contributed by atoms with Gasteiger partial charge in [0.05, 0.1) is 17.7 Å². The van der Waals surface area contributed by atoms with Gasteiger partial charge < -0.3 is 4.74 Å². The minimum Gasteiger partial charge on any atom is -0.462 e. The number of esters is 1. The molecule has 0 atom stereocenters. The van der Waals surface area contributed by atoms with Crippen molar-refractivity contribution in [3.05, 3.63) is 32.4 Å². The Balaban J connectivity index is 3.32. The van der Waals surface area contributed by atoms with Crippen LogP contribution in [0.1, 0.15) is 35.3 Å². The normalized spacial score (nSPS) is 9.62. The number of carbonyl (C=O) groups is 1. The van der Waals surface area contributed by atoms with Gasteiger partial charge in [0.1, 0.15) is 6.07 Å². The first-order valence-electron chi connectivity index (χ1n) is 5.03. The number of nitrogens with zero attached hydrogens (tertiary/aromatic N) is 1. The molecule has 0 unspecified atom stereocenters. The van der Waals surface area contributed by atoms with Crippen molar-refractivity contribution in [3.63, 3.8) is 0 Å². The molecule has 0 fully saturated rings. The van der Waals surface area contributed by atoms with Gasteiger partial charge in [0, 0.05) is 3.57 Å². The zero-order valence-electron chi connectivity index (χ0n) is 9.21. The highest BCUT2D eigenvalue weighted by atomic mass is 127. The lowest BCUT2D eigenvalue weighted by Crippen LogP contribution is -2.09. The standard InChI is InChI=1S/C12H12INO2/c1-3-8-5-9(13)6-10(11(8)7-14)12(15)16-4-2/h5-6H,3-4H2,1-2H3. The summed E-state index contributed by atoms with van der Waals surface area (Å²) >= 11 is 2.13. The molecule has 16 heavy (non-hydrogen) atoms. The number of aryl methyl sites for hydroxylation is 1. The summed E-state index contributed by atoms with van der Waals surface area (Å²) in [4.78, 5) is 11.7. The topological polar surface area (TPSA) is 50.1 Å². The number of hydrogen-bond acceptors (Lipinski definition) is 3. The van der Waals surface area contributed by atoms with Gasteiger partial charge in [0.15, 0.2) is 0 Å². The molecule has 0 bridgehead atoms. The van der Waals surface area contributed by atoms with E-state index >= 15 is 0 Å². The molecule has 0 aliphatic heterocycles. The summed E-state index contributed by atoms with van der Waals surface area (Å²) in [5, 5.41) is 9.08. The van der Waals surface area contributed by atoms with Crippen molar-refractivity contribution in [2.45, 2.75) is 20.3 Å². The Labute approximate surface area is 109 Å². The summed E-state index contributed by atoms with van der Waals surface area (Å²) in [5.74, 6) is -0.424. The number of rotatable bonds is 3. The molecule has 0 aliphatic carbocycles. The van der Waals surface area contributed by atoms with E-state index in [1.165, 1.54) is 0 Å². The average molecular weight is 329 g/mol. The Morgan fingerprint density at radius 1 is 1.50 bits per heavy atom. The number of halogens is 1. The fourth-order valence-electron chi connectivity index (χ4n) is 1.44. The van der Waals surface area contributed by atoms with Crippen molar-refractivity contribution in [1.82, 2.24) is 0 Å². The summed E-state index contributed by atoms with van der Waals surface area (Å²) < 4.78 is 5.87. The highest BCUT2D eigenvalue weighted by Crippen LogP contribution is 2.20. The Bertz CT molecular complexity index is 449. The van der Waals surface area contributed by atoms with Crippen LogP contribution in [0.4, 0.5) is 0 Å². The lowest BCUT2D eigenvalue weighted by Gasteiger charge is -2.08. The monoisotopic (exact) mass is 329 g/mol. The third-order valence-corrected chi connectivity index (χ3v) is 2.80. The zero-order valence-corrected chi connectivity index (χ0v) is 11.4. The Morgan fingerprint density at radius 3 is 2.69 bits per heavy atom. The predicted octanol–water partition coefficient (Wildman–Crippen LogP) is 2.90. The van der Waals surface area contributed by atoms with E-state index in [-0.39, 0.29) is 0 Å². The van der Waals surface area contributed by atoms with Gasteiger partial charge in [0.25, 0.3) is 0 Å². The molecule has 84 valence electrons. The highest BCUT2D eigenvalue weighted by molar-refractivity contribution is 14.1. The van der Waals surface area contributed by atoms with E-state index < -0.39 is 5.97 Å². The Morgan fingerprint density at radius 2 is 2.19 bits per heavy atom. The third-order valence-electron chi connectivity index (χ3n) is 2.17. The minimum atomic E-state index is -0.424. The number of benzene rings is 1. The van der Waals surface area contributed by atoms with Crippen molar-refractivity contribution in [2.24, 2.45) is 0 Å². The van der Waals surface area contributed by atoms with E-state index in [9.17, 15) is 4.79 Å². The second kappa shape index (κ2) is 5.85. The first-order valence-corrected chi connectivity index (χ1v) is 6.11. The van der Waals surface area contributed by atoms with Crippen molar-refractivity contribution in [3.8, 4) is 6.07 Å². The SMILES string of the molecule is CCOC(=O)c1cc(I)cc(CC)c1C#N. The van der Waals surface area contributed by atoms with E-state index in [0.717, 1.165) is 15.6 Å². The van der Waals surface area contributed by atoms with Crippen LogP contribution >= 0.6 is 22.6 Å². The van der Waals surface area contributed by atoms with Gasteiger partial charge in [0.2, 0.25) is 0 Å². The van der Waals surface area contributed by atoms with Crippen LogP contribution in [0.15, 0.2) is 12.1 Å². The van der Waals surface area contributed by atoms with Crippen LogP contribution in [-0.2, 0) is 11.2 Å². The van der Waals surface area contributed by atoms with Crippen LogP contribution in [0.25, 0.3) is 0 Å². The minimum absolute atomic E-state index is 0.316. The van der Waals surface area contributed by atoms with Crippen molar-refractivity contribution >= 4 is 28.6 Å². The highest BCUT2D eigenvalue weighted by Gasteiger charge is 2.16. The molecule has 0 saturated heterocycles. The molecule has 0 radical (unpaired) electrons. The lowest BCUT2D eigenvalue weighted by molar-refractivity contribution is 0.0526. The van der Waals surface area contributed by atoms with E-state index in [2.05, 4.69) is 28.7 Å². The number of ether oxygens (including phenoxy) is 1. The van der Waals surface area contributed by atoms with E-state index in [4.69, 9.17) is 10.00 Å². The quantitative estimate of drug-likeness (QED) is 0.633. The summed E-state index contributed by atoms with van der Waals surface area (Å²) in [5.41, 5.74) is 1.69. The van der Waals surface area contributed by atoms with Crippen LogP contribution in [0.2, 0.25) is 0 Å². The van der Waals surface area contributed by atoms with Crippen LogP contribution < -0.4 is 0 Å². The zero-order chi connectivity index (χ0) is 12.1. The summed E-state index contributed by atoms with van der Waals surface area (Å²) in [6, 6.07) is 5.69. The molecule has 4 heteroatoms. The fourth-order valence-corrected chi connectivity index (χ4v) is 2.13. The number of hydrogen-bond donors (Lipinski definition) is 0. The molecule has 0 amide bonds. The number of nitriles is 1. The molecule has 0 saturated carbocycles. The van der Waals surface area contributed by atoms with Gasteiger partial charge in [-0.2, -0.15) is 5.26 Å². The summed E-state index contributed by atoms with van der Waals surface area (Å²) in [6.07, 6.45) is 0.728. The largest absolute Gasteiger partial charge is 0.462 e. The third kappa shape index (κ3) is 2.73. The van der Waals surface area contributed by atoms with Crippen molar-refractivity contribution in [2.75, 3.05) is 6.61 Å². The molecule has 0 aliphatic rings. The summed E-state index contributed by atoms with van der Waals surface area (Å²) in [6.45, 7) is 4.02. The van der Waals surface area contributed by atoms with Gasteiger partial charge >= 0.3 is 5.97 Å². The van der Waals surface area contributed by atoms with Crippen LogP contribution in [-0.4, -0.2) is 12.6 Å². The van der Waals surface area contributed by atoms with E-state index in [1.54, 1.807) is 13.0 Å². The van der Waals surface area contributed by atoms with Crippen molar-refractivity contribution in [1.29, 1.82) is 5.26 Å². The first kappa shape index (κ1) is 13.0. The maximum absolute atomic E-state index is 11.7. The Hall–Kier alpha value is -1.09. The van der Waals surface area contributed by atoms with E-state index in [1.807, 2.05) is 13.0 Å². The smallest absolute Gasteiger partial charge is 0.339 e. The Kier molecular flexibility index (Phi) is 4.74. The maximum Gasteiger partial charge on any atom is 0.339 e. The summed E-state index contributed by atoms with van der Waals surface area (Å²) in [7, 11) is 0. The predicted molar refractivity (Wildman–Crippen MR) is 69.2 cm³/mol. The fraction of sp³-hybridized carbons (Fsp3) is 0.333. The molecular formula is C12H12INO2. The van der Waals surface area contributed by atoms with Gasteiger partial charge in [-0.1, -0.05) is 6.92 Å². The molecule has 1 aromatic carbocycles. The van der Waals surface area contributed by atoms with Crippen LogP contribution in [0, 0.1) is 14.9 Å². The van der Waals surface area contributed by atoms with Gasteiger partial charge in [-0.3, -0.25) is 0 Å². The van der Waals surface area contributed by atoms with Gasteiger partial charge in [-0.15, -0.1) is 0 Å².